The Kier molecular flexibility index (Phi) is 3.96. The summed E-state index contributed by atoms with van der Waals surface area (Å²) in [6.07, 6.45) is 0. The van der Waals surface area contributed by atoms with E-state index in [1.807, 2.05) is 6.92 Å². The Morgan fingerprint density at radius 3 is 2.26 bits per heavy atom. The van der Waals surface area contributed by atoms with E-state index in [0.717, 1.165) is 10.5 Å². The van der Waals surface area contributed by atoms with Gasteiger partial charge in [0.05, 0.1) is 17.5 Å². The number of hydrogen-bond donors (Lipinski definition) is 3. The van der Waals surface area contributed by atoms with Crippen LogP contribution in [-0.4, -0.2) is 34.0 Å². The number of fused-ring (bicyclic) bond motifs is 1. The third kappa shape index (κ3) is 2.59. The van der Waals surface area contributed by atoms with E-state index in [-0.39, 0.29) is 5.75 Å². The average Bonchev–Trinajstić information content (AvgIpc) is 3.14. The van der Waals surface area contributed by atoms with E-state index in [2.05, 4.69) is 5.32 Å². The molecule has 7 nitrogen and oxygen atoms in total. The third-order valence-corrected chi connectivity index (χ3v) is 5.31. The van der Waals surface area contributed by atoms with Crippen LogP contribution in [0.5, 0.6) is 5.75 Å². The molecule has 2 saturated heterocycles. The van der Waals surface area contributed by atoms with Gasteiger partial charge in [-0.15, -0.1) is 0 Å². The smallest absolute Gasteiger partial charge is 0.321 e. The minimum atomic E-state index is -1.20. The highest BCUT2D eigenvalue weighted by molar-refractivity contribution is 6.23. The van der Waals surface area contributed by atoms with Gasteiger partial charge in [0, 0.05) is 11.6 Å². The van der Waals surface area contributed by atoms with E-state index in [4.69, 9.17) is 0 Å². The van der Waals surface area contributed by atoms with E-state index < -0.39 is 41.7 Å². The van der Waals surface area contributed by atoms with Crippen LogP contribution < -0.4 is 10.2 Å². The van der Waals surface area contributed by atoms with Crippen LogP contribution in [0.25, 0.3) is 0 Å². The van der Waals surface area contributed by atoms with Crippen molar-refractivity contribution in [2.24, 2.45) is 11.8 Å². The number of aromatic hydroxyl groups is 1. The molecule has 27 heavy (non-hydrogen) atoms. The van der Waals surface area contributed by atoms with Crippen LogP contribution in [0.4, 0.5) is 5.69 Å². The summed E-state index contributed by atoms with van der Waals surface area (Å²) in [5.74, 6) is -4.16. The molecule has 3 N–H and O–H groups in total. The molecule has 138 valence electrons. The highest BCUT2D eigenvalue weighted by atomic mass is 16.4. The molecule has 2 heterocycles. The maximum atomic E-state index is 13.1. The average molecular weight is 366 g/mol. The predicted octanol–water partition coefficient (Wildman–Crippen LogP) is 1.60. The monoisotopic (exact) mass is 366 g/mol. The second kappa shape index (κ2) is 6.21. The molecule has 4 atom stereocenters. The summed E-state index contributed by atoms with van der Waals surface area (Å²) in [6, 6.07) is 11.4. The lowest BCUT2D eigenvalue weighted by Crippen LogP contribution is -2.43. The molecule has 2 aliphatic rings. The lowest BCUT2D eigenvalue weighted by Gasteiger charge is -2.22. The lowest BCUT2D eigenvalue weighted by atomic mass is 9.86. The second-order valence-corrected chi connectivity index (χ2v) is 6.92. The van der Waals surface area contributed by atoms with Crippen molar-refractivity contribution in [3.05, 3.63) is 59.7 Å². The fourth-order valence-corrected chi connectivity index (χ4v) is 4.02. The van der Waals surface area contributed by atoms with Gasteiger partial charge in [-0.1, -0.05) is 35.9 Å². The molecule has 0 radical (unpaired) electrons. The molecule has 7 heteroatoms. The van der Waals surface area contributed by atoms with Crippen molar-refractivity contribution in [1.82, 2.24) is 5.32 Å². The predicted molar refractivity (Wildman–Crippen MR) is 96.1 cm³/mol. The third-order valence-electron chi connectivity index (χ3n) is 5.31. The largest absolute Gasteiger partial charge is 0.508 e. The van der Waals surface area contributed by atoms with Crippen molar-refractivity contribution >= 4 is 23.5 Å². The Morgan fingerprint density at radius 1 is 1.00 bits per heavy atom. The van der Waals surface area contributed by atoms with Gasteiger partial charge in [0.15, 0.2) is 0 Å². The minimum Gasteiger partial charge on any atom is -0.508 e. The van der Waals surface area contributed by atoms with Crippen molar-refractivity contribution in [3.8, 4) is 5.75 Å². The van der Waals surface area contributed by atoms with Crippen LogP contribution in [0.2, 0.25) is 0 Å². The number of benzene rings is 2. The quantitative estimate of drug-likeness (QED) is 0.713. The van der Waals surface area contributed by atoms with E-state index in [9.17, 15) is 24.6 Å². The molecule has 0 aliphatic carbocycles. The number of phenols is 1. The topological polar surface area (TPSA) is 107 Å². The normalized spacial score (nSPS) is 27.1. The molecule has 4 rings (SSSR count). The number of rotatable bonds is 3. The fourth-order valence-electron chi connectivity index (χ4n) is 4.02. The van der Waals surface area contributed by atoms with Crippen LogP contribution >= 0.6 is 0 Å². The number of carboxylic acid groups (broad SMARTS) is 1. The number of phenolic OH excluding ortho intramolecular Hbond substituents is 1. The number of nitrogens with one attached hydrogen (secondary N) is 1. The van der Waals surface area contributed by atoms with Crippen LogP contribution in [0.15, 0.2) is 48.5 Å². The number of para-hydroxylation sites is 1. The standard InChI is InChI=1S/C20H18N2O5/c1-10-6-8-11(9-7-10)22-18(24)14-15(19(22)25)17(20(26)27)21-16(14)12-4-2-3-5-13(12)23/h2-9,14-17,21,23H,1H3,(H,26,27)/t14-,15-,16-,17+/m0/s1. The number of amides is 2. The van der Waals surface area contributed by atoms with Crippen LogP contribution in [-0.2, 0) is 14.4 Å². The van der Waals surface area contributed by atoms with Crippen molar-refractivity contribution < 1.29 is 24.6 Å². The molecule has 2 amide bonds. The summed E-state index contributed by atoms with van der Waals surface area (Å²) in [6.45, 7) is 1.89. The van der Waals surface area contributed by atoms with E-state index in [1.54, 1.807) is 42.5 Å². The summed E-state index contributed by atoms with van der Waals surface area (Å²) < 4.78 is 0. The van der Waals surface area contributed by atoms with E-state index in [0.29, 0.717) is 11.3 Å². The number of nitrogens with zero attached hydrogens (tertiary/aromatic N) is 1. The molecule has 0 aromatic heterocycles. The van der Waals surface area contributed by atoms with E-state index >= 15 is 0 Å². The van der Waals surface area contributed by atoms with Gasteiger partial charge >= 0.3 is 5.97 Å². The van der Waals surface area contributed by atoms with Gasteiger partial charge in [-0.3, -0.25) is 19.7 Å². The van der Waals surface area contributed by atoms with Crippen LogP contribution in [0.1, 0.15) is 17.2 Å². The number of anilines is 1. The van der Waals surface area contributed by atoms with Gasteiger partial charge in [-0.05, 0) is 25.1 Å². The first-order valence-electron chi connectivity index (χ1n) is 8.61. The number of aliphatic carboxylic acids is 1. The molecule has 0 unspecified atom stereocenters. The Morgan fingerprint density at radius 2 is 1.63 bits per heavy atom. The molecule has 0 bridgehead atoms. The van der Waals surface area contributed by atoms with Gasteiger partial charge < -0.3 is 10.2 Å². The zero-order chi connectivity index (χ0) is 19.3. The number of carbonyl (C=O) groups is 3. The minimum absolute atomic E-state index is 0.0474. The summed E-state index contributed by atoms with van der Waals surface area (Å²) in [5, 5.41) is 22.6. The highest BCUT2D eigenvalue weighted by Gasteiger charge is 2.61. The summed E-state index contributed by atoms with van der Waals surface area (Å²) in [7, 11) is 0. The molecule has 2 fully saturated rings. The summed E-state index contributed by atoms with van der Waals surface area (Å²) >= 11 is 0. The zero-order valence-electron chi connectivity index (χ0n) is 14.5. The van der Waals surface area contributed by atoms with Crippen molar-refractivity contribution in [1.29, 1.82) is 0 Å². The summed E-state index contributed by atoms with van der Waals surface area (Å²) in [4.78, 5) is 38.9. The Hall–Kier alpha value is -3.19. The maximum Gasteiger partial charge on any atom is 0.321 e. The van der Waals surface area contributed by atoms with Crippen molar-refractivity contribution in [2.75, 3.05) is 4.90 Å². The Labute approximate surface area is 155 Å². The number of hydrogen-bond acceptors (Lipinski definition) is 5. The van der Waals surface area contributed by atoms with Crippen molar-refractivity contribution in [3.63, 3.8) is 0 Å². The molecule has 2 aromatic carbocycles. The molecule has 0 saturated carbocycles. The van der Waals surface area contributed by atoms with Gasteiger partial charge in [-0.25, -0.2) is 4.90 Å². The van der Waals surface area contributed by atoms with Crippen molar-refractivity contribution in [2.45, 2.75) is 19.0 Å². The van der Waals surface area contributed by atoms with Gasteiger partial charge in [0.2, 0.25) is 11.8 Å². The second-order valence-electron chi connectivity index (χ2n) is 6.92. The molecule has 2 aliphatic heterocycles. The first-order valence-corrected chi connectivity index (χ1v) is 8.61. The first-order chi connectivity index (χ1) is 12.9. The van der Waals surface area contributed by atoms with Gasteiger partial charge in [0.25, 0.3) is 0 Å². The molecule has 2 aromatic rings. The zero-order valence-corrected chi connectivity index (χ0v) is 14.5. The van der Waals surface area contributed by atoms with E-state index in [1.165, 1.54) is 6.07 Å². The number of aryl methyl sites for hydroxylation is 1. The van der Waals surface area contributed by atoms with Gasteiger partial charge in [-0.2, -0.15) is 0 Å². The fraction of sp³-hybridized carbons (Fsp3) is 0.250. The van der Waals surface area contributed by atoms with Crippen LogP contribution in [0.3, 0.4) is 0 Å². The molecular weight excluding hydrogens is 348 g/mol. The number of carbonyl (C=O) groups excluding carboxylic acids is 2. The number of carboxylic acids is 1. The Balaban J connectivity index is 1.79. The first kappa shape index (κ1) is 17.2. The maximum absolute atomic E-state index is 13.1. The SMILES string of the molecule is Cc1ccc(N2C(=O)[C@H]3[C@H](C2=O)[C@H](c2ccccc2O)N[C@H]3C(=O)O)cc1. The number of imide groups is 1. The molecular formula is C20H18N2O5. The van der Waals surface area contributed by atoms with Crippen LogP contribution in [0, 0.1) is 18.8 Å². The van der Waals surface area contributed by atoms with Gasteiger partial charge in [0.1, 0.15) is 11.8 Å². The highest BCUT2D eigenvalue weighted by Crippen LogP contribution is 2.46. The lowest BCUT2D eigenvalue weighted by molar-refractivity contribution is -0.142. The summed E-state index contributed by atoms with van der Waals surface area (Å²) in [5.41, 5.74) is 1.81. The molecule has 0 spiro atoms. The Bertz CT molecular complexity index is 940.